The standard InChI is InChI=1S/C18H36O2/c1-6-8-9-10-12-15(3)13-11-14-16(4)17(5)20-18(19)7-2/h15-17H,6-14H2,1-5H3/t15-,16+,17-/m1/s1. The third kappa shape index (κ3) is 10.3. The van der Waals surface area contributed by atoms with Crippen LogP contribution in [0.25, 0.3) is 0 Å². The molecule has 2 heteroatoms. The Morgan fingerprint density at radius 2 is 1.55 bits per heavy atom. The lowest BCUT2D eigenvalue weighted by molar-refractivity contribution is -0.150. The van der Waals surface area contributed by atoms with Crippen molar-refractivity contribution in [3.05, 3.63) is 0 Å². The summed E-state index contributed by atoms with van der Waals surface area (Å²) in [6.45, 7) is 10.7. The summed E-state index contributed by atoms with van der Waals surface area (Å²) in [5, 5.41) is 0. The van der Waals surface area contributed by atoms with Crippen LogP contribution in [0.3, 0.4) is 0 Å². The summed E-state index contributed by atoms with van der Waals surface area (Å²) in [6, 6.07) is 0. The van der Waals surface area contributed by atoms with Crippen LogP contribution in [0, 0.1) is 11.8 Å². The Labute approximate surface area is 126 Å². The minimum absolute atomic E-state index is 0.0577. The van der Waals surface area contributed by atoms with Gasteiger partial charge in [-0.2, -0.15) is 0 Å². The van der Waals surface area contributed by atoms with Crippen LogP contribution in [0.5, 0.6) is 0 Å². The fourth-order valence-electron chi connectivity index (χ4n) is 2.49. The molecule has 0 aromatic carbocycles. The second kappa shape index (κ2) is 12.2. The Kier molecular flexibility index (Phi) is 11.9. The molecule has 0 radical (unpaired) electrons. The molecule has 0 aliphatic rings. The number of carbonyl (C=O) groups is 1. The number of hydrogen-bond acceptors (Lipinski definition) is 2. The Morgan fingerprint density at radius 1 is 0.900 bits per heavy atom. The van der Waals surface area contributed by atoms with Crippen LogP contribution < -0.4 is 0 Å². The Balaban J connectivity index is 3.63. The minimum atomic E-state index is -0.0753. The van der Waals surface area contributed by atoms with Gasteiger partial charge in [-0.05, 0) is 25.2 Å². The summed E-state index contributed by atoms with van der Waals surface area (Å²) in [5.41, 5.74) is 0. The predicted octanol–water partition coefficient (Wildman–Crippen LogP) is 5.74. The lowest BCUT2D eigenvalue weighted by Gasteiger charge is -2.21. The van der Waals surface area contributed by atoms with Crippen LogP contribution in [0.15, 0.2) is 0 Å². The zero-order valence-electron chi connectivity index (χ0n) is 14.4. The van der Waals surface area contributed by atoms with E-state index in [2.05, 4.69) is 20.8 Å². The van der Waals surface area contributed by atoms with Crippen LogP contribution in [0.2, 0.25) is 0 Å². The van der Waals surface area contributed by atoms with E-state index in [-0.39, 0.29) is 12.1 Å². The molecule has 0 saturated heterocycles. The maximum atomic E-state index is 11.3. The third-order valence-electron chi connectivity index (χ3n) is 4.31. The van der Waals surface area contributed by atoms with Gasteiger partial charge < -0.3 is 4.74 Å². The van der Waals surface area contributed by atoms with E-state index in [1.165, 1.54) is 44.9 Å². The number of ether oxygens (including phenoxy) is 1. The van der Waals surface area contributed by atoms with Crippen LogP contribution >= 0.6 is 0 Å². The first-order valence-corrected chi connectivity index (χ1v) is 8.70. The summed E-state index contributed by atoms with van der Waals surface area (Å²) in [6.07, 6.45) is 11.1. The topological polar surface area (TPSA) is 26.3 Å². The van der Waals surface area contributed by atoms with E-state index in [1.807, 2.05) is 13.8 Å². The van der Waals surface area contributed by atoms with Gasteiger partial charge in [-0.3, -0.25) is 4.79 Å². The van der Waals surface area contributed by atoms with Gasteiger partial charge in [0.05, 0.1) is 0 Å². The molecule has 0 aromatic rings. The molecular weight excluding hydrogens is 248 g/mol. The lowest BCUT2D eigenvalue weighted by Crippen LogP contribution is -2.21. The highest BCUT2D eigenvalue weighted by atomic mass is 16.5. The van der Waals surface area contributed by atoms with Crippen molar-refractivity contribution in [2.45, 2.75) is 98.5 Å². The fourth-order valence-corrected chi connectivity index (χ4v) is 2.49. The Morgan fingerprint density at radius 3 is 2.15 bits per heavy atom. The van der Waals surface area contributed by atoms with Gasteiger partial charge in [-0.1, -0.05) is 72.6 Å². The van der Waals surface area contributed by atoms with Crippen molar-refractivity contribution in [3.8, 4) is 0 Å². The molecule has 0 saturated carbocycles. The van der Waals surface area contributed by atoms with Gasteiger partial charge in [0.25, 0.3) is 0 Å². The molecule has 0 unspecified atom stereocenters. The smallest absolute Gasteiger partial charge is 0.305 e. The zero-order chi connectivity index (χ0) is 15.4. The van der Waals surface area contributed by atoms with E-state index in [4.69, 9.17) is 4.74 Å². The van der Waals surface area contributed by atoms with Crippen molar-refractivity contribution < 1.29 is 9.53 Å². The largest absolute Gasteiger partial charge is 0.462 e. The van der Waals surface area contributed by atoms with Gasteiger partial charge in [0, 0.05) is 6.42 Å². The molecule has 0 spiro atoms. The van der Waals surface area contributed by atoms with E-state index < -0.39 is 0 Å². The van der Waals surface area contributed by atoms with Gasteiger partial charge >= 0.3 is 5.97 Å². The summed E-state index contributed by atoms with van der Waals surface area (Å²) in [7, 11) is 0. The van der Waals surface area contributed by atoms with Crippen molar-refractivity contribution in [1.29, 1.82) is 0 Å². The van der Waals surface area contributed by atoms with Crippen LogP contribution in [0.4, 0.5) is 0 Å². The molecule has 0 bridgehead atoms. The van der Waals surface area contributed by atoms with Crippen molar-refractivity contribution in [3.63, 3.8) is 0 Å². The maximum absolute atomic E-state index is 11.3. The lowest BCUT2D eigenvalue weighted by atomic mass is 9.93. The first-order chi connectivity index (χ1) is 9.51. The predicted molar refractivity (Wildman–Crippen MR) is 86.8 cm³/mol. The molecule has 0 aromatic heterocycles. The van der Waals surface area contributed by atoms with E-state index in [0.29, 0.717) is 12.3 Å². The van der Waals surface area contributed by atoms with Gasteiger partial charge in [0.1, 0.15) is 6.10 Å². The van der Waals surface area contributed by atoms with Gasteiger partial charge in [-0.15, -0.1) is 0 Å². The highest BCUT2D eigenvalue weighted by Gasteiger charge is 2.16. The Bertz CT molecular complexity index is 238. The Hall–Kier alpha value is -0.530. The van der Waals surface area contributed by atoms with E-state index in [1.54, 1.807) is 0 Å². The number of carbonyl (C=O) groups excluding carboxylic acids is 1. The summed E-state index contributed by atoms with van der Waals surface area (Å²) >= 11 is 0. The molecule has 0 aliphatic heterocycles. The molecule has 20 heavy (non-hydrogen) atoms. The second-order valence-corrected chi connectivity index (χ2v) is 6.41. The van der Waals surface area contributed by atoms with Gasteiger partial charge in [0.2, 0.25) is 0 Å². The number of hydrogen-bond donors (Lipinski definition) is 0. The molecule has 0 amide bonds. The molecule has 2 nitrogen and oxygen atoms in total. The average Bonchev–Trinajstić information content (AvgIpc) is 2.43. The van der Waals surface area contributed by atoms with Crippen LogP contribution in [0.1, 0.15) is 92.4 Å². The first kappa shape index (κ1) is 19.5. The van der Waals surface area contributed by atoms with Gasteiger partial charge in [0.15, 0.2) is 0 Å². The van der Waals surface area contributed by atoms with Crippen LogP contribution in [-0.2, 0) is 9.53 Å². The maximum Gasteiger partial charge on any atom is 0.305 e. The quantitative estimate of drug-likeness (QED) is 0.337. The van der Waals surface area contributed by atoms with E-state index >= 15 is 0 Å². The SMILES string of the molecule is CCCCCC[C@@H](C)CCC[C@H](C)[C@@H](C)OC(=O)CC. The monoisotopic (exact) mass is 284 g/mol. The van der Waals surface area contributed by atoms with Crippen molar-refractivity contribution in [1.82, 2.24) is 0 Å². The highest BCUT2D eigenvalue weighted by Crippen LogP contribution is 2.21. The first-order valence-electron chi connectivity index (χ1n) is 8.70. The van der Waals surface area contributed by atoms with Gasteiger partial charge in [-0.25, -0.2) is 0 Å². The minimum Gasteiger partial charge on any atom is -0.462 e. The highest BCUT2D eigenvalue weighted by molar-refractivity contribution is 5.69. The molecule has 0 N–H and O–H groups in total. The number of rotatable bonds is 12. The normalized spacial score (nSPS) is 15.7. The number of unbranched alkanes of at least 4 members (excludes halogenated alkanes) is 3. The molecule has 0 heterocycles. The number of esters is 1. The summed E-state index contributed by atoms with van der Waals surface area (Å²) < 4.78 is 5.37. The molecule has 120 valence electrons. The van der Waals surface area contributed by atoms with Crippen LogP contribution in [-0.4, -0.2) is 12.1 Å². The molecular formula is C18H36O2. The van der Waals surface area contributed by atoms with Crippen molar-refractivity contribution >= 4 is 5.97 Å². The molecule has 0 aliphatic carbocycles. The van der Waals surface area contributed by atoms with E-state index in [9.17, 15) is 4.79 Å². The summed E-state index contributed by atoms with van der Waals surface area (Å²) in [4.78, 5) is 11.3. The molecule has 3 atom stereocenters. The zero-order valence-corrected chi connectivity index (χ0v) is 14.4. The van der Waals surface area contributed by atoms with Crippen molar-refractivity contribution in [2.24, 2.45) is 11.8 Å². The van der Waals surface area contributed by atoms with Crippen molar-refractivity contribution in [2.75, 3.05) is 0 Å². The molecule has 0 rings (SSSR count). The average molecular weight is 284 g/mol. The second-order valence-electron chi connectivity index (χ2n) is 6.41. The summed E-state index contributed by atoms with van der Waals surface area (Å²) in [5.74, 6) is 1.24. The third-order valence-corrected chi connectivity index (χ3v) is 4.31. The van der Waals surface area contributed by atoms with E-state index in [0.717, 1.165) is 12.3 Å². The fraction of sp³-hybridized carbons (Fsp3) is 0.944. The molecule has 0 fully saturated rings.